The minimum absolute atomic E-state index is 0.00339. The van der Waals surface area contributed by atoms with Crippen molar-refractivity contribution in [2.75, 3.05) is 23.7 Å². The van der Waals surface area contributed by atoms with Gasteiger partial charge in [0.25, 0.3) is 32.1 Å². The van der Waals surface area contributed by atoms with Gasteiger partial charge >= 0.3 is 5.97 Å². The number of carbonyl (C=O) groups excluding carboxylic acids is 3. The highest BCUT2D eigenvalue weighted by Gasteiger charge is 2.43. The second kappa shape index (κ2) is 14.3. The molecule has 0 bridgehead atoms. The smallest absolute Gasteiger partial charge is 0.333 e. The molecule has 8 rings (SSSR count). The standard InChI is InChI=1S/C41H47N5O11S2/c1-23-20-40(2,3)43-34-26(23)18-29-33(39-42-14-17-44(39)15-8-6-7-11-32(49)57-46-30(47)12-13-31(46)48)28-19-27-24(22-58(50,51)52)21-41(4,5)45-16-9-10-25(35(27)45)36(28)56-37(29)38(34)59(53,54)55/h14,17-21,39,42H,6-13,15-16,22H2,1-5H3,(H,50,51,52)(H,53,54,55). The first-order chi connectivity index (χ1) is 27.6. The molecule has 6 heterocycles. The minimum Gasteiger partial charge on any atom is -0.454 e. The van der Waals surface area contributed by atoms with E-state index in [1.807, 2.05) is 70.0 Å². The van der Waals surface area contributed by atoms with Gasteiger partial charge in [0.15, 0.2) is 10.6 Å². The molecule has 6 aliphatic rings. The first-order valence-electron chi connectivity index (χ1n) is 19.7. The molecule has 314 valence electrons. The molecule has 0 spiro atoms. The molecule has 18 heteroatoms. The maximum absolute atomic E-state index is 13.6. The largest absolute Gasteiger partial charge is 0.454 e. The molecular weight excluding hydrogens is 803 g/mol. The number of amides is 2. The van der Waals surface area contributed by atoms with Gasteiger partial charge in [0.05, 0.1) is 22.1 Å². The van der Waals surface area contributed by atoms with Crippen LogP contribution < -0.4 is 25.5 Å². The Morgan fingerprint density at radius 1 is 0.966 bits per heavy atom. The van der Waals surface area contributed by atoms with Crippen LogP contribution >= 0.6 is 0 Å². The van der Waals surface area contributed by atoms with Gasteiger partial charge in [-0.2, -0.15) is 16.8 Å². The first kappa shape index (κ1) is 40.7. The van der Waals surface area contributed by atoms with E-state index >= 15 is 0 Å². The summed E-state index contributed by atoms with van der Waals surface area (Å²) in [5.74, 6) is -2.05. The van der Waals surface area contributed by atoms with Crippen LogP contribution in [0.15, 0.2) is 46.6 Å². The topological polar surface area (TPSA) is 213 Å². The molecule has 16 nitrogen and oxygen atoms in total. The van der Waals surface area contributed by atoms with Crippen molar-refractivity contribution in [1.82, 2.24) is 15.3 Å². The number of rotatable bonds is 11. The number of nitrogens with one attached hydrogen (secondary N) is 1. The lowest BCUT2D eigenvalue weighted by molar-refractivity contribution is -0.197. The summed E-state index contributed by atoms with van der Waals surface area (Å²) in [6.45, 7) is 10.6. The van der Waals surface area contributed by atoms with E-state index in [-0.39, 0.29) is 30.4 Å². The summed E-state index contributed by atoms with van der Waals surface area (Å²) in [6, 6.07) is 3.69. The van der Waals surface area contributed by atoms with Gasteiger partial charge in [0.1, 0.15) is 17.7 Å². The van der Waals surface area contributed by atoms with Crippen LogP contribution in [-0.2, 0) is 45.9 Å². The van der Waals surface area contributed by atoms with Crippen LogP contribution in [-0.4, -0.2) is 89.8 Å². The number of nitrogens with zero attached hydrogens (tertiary/aromatic N) is 4. The molecule has 0 saturated carbocycles. The van der Waals surface area contributed by atoms with E-state index in [4.69, 9.17) is 14.6 Å². The van der Waals surface area contributed by atoms with Crippen molar-refractivity contribution in [2.45, 2.75) is 108 Å². The quantitative estimate of drug-likeness (QED) is 0.167. The molecule has 0 aliphatic carbocycles. The lowest BCUT2D eigenvalue weighted by Gasteiger charge is -2.48. The molecule has 1 saturated heterocycles. The van der Waals surface area contributed by atoms with E-state index in [2.05, 4.69) is 10.2 Å². The highest BCUT2D eigenvalue weighted by molar-refractivity contribution is 7.86. The monoisotopic (exact) mass is 849 g/mol. The molecule has 2 aromatic carbocycles. The maximum atomic E-state index is 13.6. The van der Waals surface area contributed by atoms with Crippen LogP contribution in [0, 0.1) is 0 Å². The molecule has 1 fully saturated rings. The normalized spacial score (nSPS) is 21.1. The van der Waals surface area contributed by atoms with E-state index in [1.54, 1.807) is 6.20 Å². The maximum Gasteiger partial charge on any atom is 0.333 e. The number of ether oxygens (including phenoxy) is 1. The average molecular weight is 850 g/mol. The Morgan fingerprint density at radius 2 is 1.69 bits per heavy atom. The number of carbonyl (C=O) groups is 3. The van der Waals surface area contributed by atoms with Crippen LogP contribution in [0.5, 0.6) is 11.5 Å². The van der Waals surface area contributed by atoms with Crippen molar-refractivity contribution in [3.63, 3.8) is 0 Å². The number of benzene rings is 2. The van der Waals surface area contributed by atoms with E-state index in [1.165, 1.54) is 0 Å². The zero-order chi connectivity index (χ0) is 42.4. The summed E-state index contributed by atoms with van der Waals surface area (Å²) in [4.78, 5) is 49.7. The lowest BCUT2D eigenvalue weighted by atomic mass is 9.80. The molecule has 59 heavy (non-hydrogen) atoms. The second-order valence-corrected chi connectivity index (χ2v) is 19.8. The van der Waals surface area contributed by atoms with Crippen molar-refractivity contribution in [3.05, 3.63) is 69.5 Å². The number of hydrogen-bond donors (Lipinski definition) is 3. The van der Waals surface area contributed by atoms with Gasteiger partial charge in [-0.15, -0.1) is 5.06 Å². The van der Waals surface area contributed by atoms with Crippen molar-refractivity contribution in [1.29, 1.82) is 0 Å². The molecule has 1 unspecified atom stereocenters. The summed E-state index contributed by atoms with van der Waals surface area (Å²) in [5.41, 5.74) is 3.55. The zero-order valence-corrected chi connectivity index (χ0v) is 35.1. The number of fused-ring (bicyclic) bond motifs is 4. The number of anilines is 1. The molecule has 3 N–H and O–H groups in total. The van der Waals surface area contributed by atoms with Gasteiger partial charge in [-0.3, -0.25) is 23.7 Å². The third-order valence-electron chi connectivity index (χ3n) is 11.6. The Balaban J connectivity index is 1.25. The third-order valence-corrected chi connectivity index (χ3v) is 13.2. The average Bonchev–Trinajstić information content (AvgIpc) is 3.71. The second-order valence-electron chi connectivity index (χ2n) is 17.0. The third kappa shape index (κ3) is 7.44. The number of imide groups is 1. The Morgan fingerprint density at radius 3 is 2.39 bits per heavy atom. The molecule has 0 aromatic heterocycles. The summed E-state index contributed by atoms with van der Waals surface area (Å²) in [6.07, 6.45) is 9.72. The van der Waals surface area contributed by atoms with Gasteiger partial charge in [-0.1, -0.05) is 18.6 Å². The molecule has 1 atom stereocenters. The fourth-order valence-corrected chi connectivity index (χ4v) is 10.7. The minimum atomic E-state index is -4.95. The summed E-state index contributed by atoms with van der Waals surface area (Å²) >= 11 is 0. The number of allylic oxidation sites excluding steroid dienone is 1. The Kier molecular flexibility index (Phi) is 9.88. The Bertz CT molecular complexity index is 2670. The SMILES string of the molecule is CC1=CC(C)(C)N=c2c1cc1c(c2S(=O)(=O)O)Oc2c(cc3c4c2CCCN4C(C)(C)C=C3CS(=O)(=O)O)C=1C1NC=CN1CCCCCC(=O)ON1C(=O)CCC1=O. The van der Waals surface area contributed by atoms with Crippen molar-refractivity contribution >= 4 is 60.4 Å². The van der Waals surface area contributed by atoms with Crippen LogP contribution in [0.2, 0.25) is 0 Å². The Labute approximate surface area is 342 Å². The zero-order valence-electron chi connectivity index (χ0n) is 33.5. The molecule has 0 radical (unpaired) electrons. The van der Waals surface area contributed by atoms with Crippen LogP contribution in [0.4, 0.5) is 5.69 Å². The summed E-state index contributed by atoms with van der Waals surface area (Å²) < 4.78 is 80.0. The summed E-state index contributed by atoms with van der Waals surface area (Å²) in [7, 11) is -9.40. The lowest BCUT2D eigenvalue weighted by Crippen LogP contribution is -2.48. The fraction of sp³-hybridized carbons (Fsp3) is 0.463. The van der Waals surface area contributed by atoms with Crippen molar-refractivity contribution < 1.29 is 49.9 Å². The number of hydrogen-bond acceptors (Lipinski definition) is 13. The molecule has 2 aromatic rings. The van der Waals surface area contributed by atoms with Crippen LogP contribution in [0.25, 0.3) is 16.7 Å². The van der Waals surface area contributed by atoms with Crippen LogP contribution in [0.3, 0.4) is 0 Å². The Hall–Kier alpha value is -5.04. The van der Waals surface area contributed by atoms with Gasteiger partial charge < -0.3 is 24.7 Å². The molecule has 2 amide bonds. The molecule has 6 aliphatic heterocycles. The van der Waals surface area contributed by atoms with Gasteiger partial charge in [-0.25, -0.2) is 4.79 Å². The predicted molar refractivity (Wildman–Crippen MR) is 216 cm³/mol. The first-order valence-corrected chi connectivity index (χ1v) is 22.7. The van der Waals surface area contributed by atoms with Crippen LogP contribution in [0.1, 0.15) is 102 Å². The number of unbranched alkanes of at least 4 members (excludes halogenated alkanes) is 2. The highest BCUT2D eigenvalue weighted by atomic mass is 32.2. The summed E-state index contributed by atoms with van der Waals surface area (Å²) in [5, 5.41) is 4.45. The van der Waals surface area contributed by atoms with Gasteiger partial charge in [0, 0.05) is 77.8 Å². The predicted octanol–water partition coefficient (Wildman–Crippen LogP) is 3.74. The van der Waals surface area contributed by atoms with E-state index in [0.717, 1.165) is 23.2 Å². The van der Waals surface area contributed by atoms with Gasteiger partial charge in [-0.05, 0) is 83.6 Å². The van der Waals surface area contributed by atoms with E-state index in [0.29, 0.717) is 82.6 Å². The molecular formula is C41H47N5O11S2. The highest BCUT2D eigenvalue weighted by Crippen LogP contribution is 2.52. The van der Waals surface area contributed by atoms with E-state index < -0.39 is 65.9 Å². The number of hydroxylamine groups is 2. The van der Waals surface area contributed by atoms with Crippen molar-refractivity contribution in [3.8, 4) is 11.5 Å². The van der Waals surface area contributed by atoms with Crippen molar-refractivity contribution in [2.24, 2.45) is 4.99 Å². The van der Waals surface area contributed by atoms with Gasteiger partial charge in [0.2, 0.25) is 0 Å². The fourth-order valence-electron chi connectivity index (χ4n) is 9.28. The van der Waals surface area contributed by atoms with E-state index in [9.17, 15) is 40.3 Å².